The summed E-state index contributed by atoms with van der Waals surface area (Å²) in [4.78, 5) is 11.4. The summed E-state index contributed by atoms with van der Waals surface area (Å²) in [6.45, 7) is 6.77. The number of carbonyl (C=O) groups is 1. The summed E-state index contributed by atoms with van der Waals surface area (Å²) < 4.78 is 10.4. The number of para-hydroxylation sites is 2. The Hall–Kier alpha value is -2.01. The molecule has 0 atom stereocenters. The average molecular weight is 265 g/mol. The number of amides is 1. The molecule has 0 bridgehead atoms. The van der Waals surface area contributed by atoms with E-state index in [1.165, 1.54) is 6.07 Å². The van der Waals surface area contributed by atoms with E-state index in [4.69, 9.17) is 9.47 Å². The smallest absolute Gasteiger partial charge is 0.258 e. The van der Waals surface area contributed by atoms with Gasteiger partial charge in [0.1, 0.15) is 0 Å². The lowest BCUT2D eigenvalue weighted by atomic mass is 10.3. The van der Waals surface area contributed by atoms with Gasteiger partial charge in [-0.25, -0.2) is 0 Å². The molecule has 1 amide bonds. The summed E-state index contributed by atoms with van der Waals surface area (Å²) in [5.74, 6) is 0.0402. The Morgan fingerprint density at radius 2 is 2.11 bits per heavy atom. The summed E-state index contributed by atoms with van der Waals surface area (Å²) in [7, 11) is 0. The maximum absolute atomic E-state index is 11.4. The number of aromatic hydroxyl groups is 1. The second-order valence-electron chi connectivity index (χ2n) is 4.12. The number of nitrogens with one attached hydrogen (secondary N) is 1. The third-order valence-corrected chi connectivity index (χ3v) is 2.14. The Morgan fingerprint density at radius 1 is 1.37 bits per heavy atom. The highest BCUT2D eigenvalue weighted by Gasteiger charge is 2.04. The Bertz CT molecular complexity index is 431. The van der Waals surface area contributed by atoms with E-state index in [1.54, 1.807) is 18.2 Å². The summed E-state index contributed by atoms with van der Waals surface area (Å²) in [6, 6.07) is 6.50. The minimum absolute atomic E-state index is 0.0140. The fourth-order valence-corrected chi connectivity index (χ4v) is 1.28. The van der Waals surface area contributed by atoms with Gasteiger partial charge in [-0.2, -0.15) is 0 Å². The number of ether oxygens (including phenoxy) is 2. The Labute approximate surface area is 112 Å². The summed E-state index contributed by atoms with van der Waals surface area (Å²) in [6.07, 6.45) is 0. The Morgan fingerprint density at radius 3 is 2.79 bits per heavy atom. The van der Waals surface area contributed by atoms with Gasteiger partial charge in [0, 0.05) is 6.54 Å². The molecule has 0 aliphatic heterocycles. The van der Waals surface area contributed by atoms with Gasteiger partial charge >= 0.3 is 0 Å². The van der Waals surface area contributed by atoms with Gasteiger partial charge in [0.05, 0.1) is 13.2 Å². The standard InChI is InChI=1S/C14H19NO4/c1-11(2)9-18-8-7-15-14(17)10-19-13-6-4-3-5-12(13)16/h3-6,16H,1,7-10H2,2H3,(H,15,17). The zero-order valence-electron chi connectivity index (χ0n) is 11.0. The summed E-state index contributed by atoms with van der Waals surface area (Å²) >= 11 is 0. The highest BCUT2D eigenvalue weighted by atomic mass is 16.5. The first-order valence-corrected chi connectivity index (χ1v) is 5.99. The van der Waals surface area contributed by atoms with Gasteiger partial charge in [-0.3, -0.25) is 4.79 Å². The lowest BCUT2D eigenvalue weighted by Crippen LogP contribution is -2.31. The lowest BCUT2D eigenvalue weighted by molar-refractivity contribution is -0.123. The minimum atomic E-state index is -0.262. The van der Waals surface area contributed by atoms with Gasteiger partial charge in [0.25, 0.3) is 5.91 Å². The predicted octanol–water partition coefficient (Wildman–Crippen LogP) is 1.48. The first-order valence-electron chi connectivity index (χ1n) is 5.99. The molecule has 5 heteroatoms. The number of hydrogen-bond acceptors (Lipinski definition) is 4. The van der Waals surface area contributed by atoms with E-state index in [-0.39, 0.29) is 24.0 Å². The largest absolute Gasteiger partial charge is 0.504 e. The third-order valence-electron chi connectivity index (χ3n) is 2.14. The second-order valence-corrected chi connectivity index (χ2v) is 4.12. The van der Waals surface area contributed by atoms with Crippen molar-refractivity contribution in [3.63, 3.8) is 0 Å². The highest BCUT2D eigenvalue weighted by Crippen LogP contribution is 2.23. The first kappa shape index (κ1) is 15.0. The number of phenolic OH excluding ortho intramolecular Hbond substituents is 1. The van der Waals surface area contributed by atoms with E-state index in [0.29, 0.717) is 19.8 Å². The highest BCUT2D eigenvalue weighted by molar-refractivity contribution is 5.77. The van der Waals surface area contributed by atoms with Crippen LogP contribution < -0.4 is 10.1 Å². The van der Waals surface area contributed by atoms with E-state index in [9.17, 15) is 9.90 Å². The topological polar surface area (TPSA) is 67.8 Å². The maximum atomic E-state index is 11.4. The van der Waals surface area contributed by atoms with Crippen molar-refractivity contribution in [1.29, 1.82) is 0 Å². The first-order chi connectivity index (χ1) is 9.09. The van der Waals surface area contributed by atoms with Crippen molar-refractivity contribution < 1.29 is 19.4 Å². The van der Waals surface area contributed by atoms with Crippen LogP contribution in [0.1, 0.15) is 6.92 Å². The van der Waals surface area contributed by atoms with Gasteiger partial charge in [0.15, 0.2) is 18.1 Å². The van der Waals surface area contributed by atoms with E-state index in [0.717, 1.165) is 5.57 Å². The molecule has 0 saturated heterocycles. The molecule has 0 heterocycles. The molecule has 0 aromatic heterocycles. The lowest BCUT2D eigenvalue weighted by Gasteiger charge is -2.08. The van der Waals surface area contributed by atoms with Gasteiger partial charge in [-0.15, -0.1) is 0 Å². The van der Waals surface area contributed by atoms with Gasteiger partial charge < -0.3 is 19.9 Å². The average Bonchev–Trinajstić information content (AvgIpc) is 2.37. The zero-order valence-corrected chi connectivity index (χ0v) is 11.0. The van der Waals surface area contributed by atoms with Crippen molar-refractivity contribution in [1.82, 2.24) is 5.32 Å². The third kappa shape index (κ3) is 6.47. The van der Waals surface area contributed by atoms with Crippen molar-refractivity contribution in [3.8, 4) is 11.5 Å². The molecule has 1 rings (SSSR count). The Balaban J connectivity index is 2.15. The van der Waals surface area contributed by atoms with Crippen LogP contribution in [0, 0.1) is 0 Å². The fourth-order valence-electron chi connectivity index (χ4n) is 1.28. The van der Waals surface area contributed by atoms with Crippen molar-refractivity contribution in [2.75, 3.05) is 26.4 Å². The number of benzene rings is 1. The maximum Gasteiger partial charge on any atom is 0.258 e. The monoisotopic (exact) mass is 265 g/mol. The molecule has 19 heavy (non-hydrogen) atoms. The number of rotatable bonds is 8. The number of hydrogen-bond donors (Lipinski definition) is 2. The van der Waals surface area contributed by atoms with Gasteiger partial charge in [-0.05, 0) is 19.1 Å². The van der Waals surface area contributed by atoms with Crippen LogP contribution in [0.5, 0.6) is 11.5 Å². The second kappa shape index (κ2) is 8.16. The van der Waals surface area contributed by atoms with Gasteiger partial charge in [0.2, 0.25) is 0 Å². The van der Waals surface area contributed by atoms with Crippen LogP contribution in [0.15, 0.2) is 36.4 Å². The molecule has 0 aliphatic rings. The van der Waals surface area contributed by atoms with Crippen LogP contribution in [0.2, 0.25) is 0 Å². The van der Waals surface area contributed by atoms with Gasteiger partial charge in [-0.1, -0.05) is 24.3 Å². The molecule has 0 fully saturated rings. The van der Waals surface area contributed by atoms with Crippen molar-refractivity contribution in [2.24, 2.45) is 0 Å². The van der Waals surface area contributed by atoms with Crippen LogP contribution in [0.3, 0.4) is 0 Å². The molecule has 0 unspecified atom stereocenters. The van der Waals surface area contributed by atoms with Crippen molar-refractivity contribution >= 4 is 5.91 Å². The van der Waals surface area contributed by atoms with E-state index < -0.39 is 0 Å². The molecule has 1 aromatic rings. The number of phenols is 1. The van der Waals surface area contributed by atoms with Crippen molar-refractivity contribution in [2.45, 2.75) is 6.92 Å². The molecular formula is C14H19NO4. The van der Waals surface area contributed by atoms with Crippen LogP contribution in [0.25, 0.3) is 0 Å². The fraction of sp³-hybridized carbons (Fsp3) is 0.357. The zero-order chi connectivity index (χ0) is 14.1. The molecule has 2 N–H and O–H groups in total. The molecular weight excluding hydrogens is 246 g/mol. The molecule has 5 nitrogen and oxygen atoms in total. The molecule has 0 saturated carbocycles. The summed E-state index contributed by atoms with van der Waals surface area (Å²) in [5, 5.41) is 12.1. The van der Waals surface area contributed by atoms with E-state index >= 15 is 0 Å². The van der Waals surface area contributed by atoms with Crippen LogP contribution in [-0.2, 0) is 9.53 Å². The predicted molar refractivity (Wildman–Crippen MR) is 72.2 cm³/mol. The number of carbonyl (C=O) groups excluding carboxylic acids is 1. The summed E-state index contributed by atoms with van der Waals surface area (Å²) in [5.41, 5.74) is 0.939. The van der Waals surface area contributed by atoms with E-state index in [1.807, 2.05) is 6.92 Å². The van der Waals surface area contributed by atoms with Crippen LogP contribution in [-0.4, -0.2) is 37.4 Å². The quantitative estimate of drug-likeness (QED) is 0.552. The van der Waals surface area contributed by atoms with Crippen molar-refractivity contribution in [3.05, 3.63) is 36.4 Å². The molecule has 1 aromatic carbocycles. The molecule has 104 valence electrons. The Kier molecular flexibility index (Phi) is 6.46. The van der Waals surface area contributed by atoms with Crippen LogP contribution in [0.4, 0.5) is 0 Å². The normalized spacial score (nSPS) is 9.95. The minimum Gasteiger partial charge on any atom is -0.504 e. The van der Waals surface area contributed by atoms with E-state index in [2.05, 4.69) is 11.9 Å². The molecule has 0 spiro atoms. The SMILES string of the molecule is C=C(C)COCCNC(=O)COc1ccccc1O. The molecule has 0 aliphatic carbocycles. The van der Waals surface area contributed by atoms with Crippen LogP contribution >= 0.6 is 0 Å². The molecule has 0 radical (unpaired) electrons.